The Balaban J connectivity index is 0.997. The van der Waals surface area contributed by atoms with Crippen LogP contribution in [0.1, 0.15) is 5.56 Å². The summed E-state index contributed by atoms with van der Waals surface area (Å²) in [4.78, 5) is 3.89. The first-order valence-corrected chi connectivity index (χ1v) is 24.3. The van der Waals surface area contributed by atoms with Crippen LogP contribution in [0.5, 0.6) is 0 Å². The molecule has 0 unspecified atom stereocenters. The summed E-state index contributed by atoms with van der Waals surface area (Å²) in [6, 6.07) is 85.5. The third kappa shape index (κ3) is 5.79. The van der Waals surface area contributed by atoms with E-state index in [-0.39, 0.29) is 0 Å². The standard InChI is InChI=1S/C68H38N4/c1-70-52-34-49-25-24-48-33-51(38-61-67(48)68(49)62(39-52)72(61)54-20-12-5-13-21-54)45-27-29-56-58(36-45)64(43-16-8-3-9-17-43)55-28-26-44(35-57(55)63(56)42-14-6-2-7-15-42)50-32-47-23-22-46-30-41(40-69)31-59-65(46)66(47)60(37-50)71(59)53-18-10-4-11-19-53/h2-39H. The Morgan fingerprint density at radius 2 is 0.736 bits per heavy atom. The molecular formula is C68H38N4. The molecule has 13 aromatic carbocycles. The molecule has 2 aromatic heterocycles. The van der Waals surface area contributed by atoms with E-state index < -0.39 is 0 Å². The predicted molar refractivity (Wildman–Crippen MR) is 300 cm³/mol. The van der Waals surface area contributed by atoms with Crippen LogP contribution in [0.4, 0.5) is 5.69 Å². The van der Waals surface area contributed by atoms with E-state index in [1.165, 1.54) is 65.0 Å². The summed E-state index contributed by atoms with van der Waals surface area (Å²) in [6.45, 7) is 7.96. The fourth-order valence-corrected chi connectivity index (χ4v) is 12.1. The Labute approximate surface area is 414 Å². The molecule has 4 heteroatoms. The van der Waals surface area contributed by atoms with Crippen LogP contribution in [0.3, 0.4) is 0 Å². The second kappa shape index (κ2) is 15.2. The molecule has 0 atom stereocenters. The molecule has 0 saturated carbocycles. The number of fused-ring (bicyclic) bond motifs is 2. The van der Waals surface area contributed by atoms with Crippen LogP contribution in [-0.2, 0) is 0 Å². The van der Waals surface area contributed by atoms with E-state index in [1.807, 2.05) is 24.3 Å². The molecule has 2 heterocycles. The fraction of sp³-hybridized carbons (Fsp3) is 0. The molecule has 72 heavy (non-hydrogen) atoms. The zero-order valence-electron chi connectivity index (χ0n) is 38.7. The van der Waals surface area contributed by atoms with Gasteiger partial charge in [-0.1, -0.05) is 146 Å². The van der Waals surface area contributed by atoms with Gasteiger partial charge in [-0.25, -0.2) is 4.85 Å². The minimum Gasteiger partial charge on any atom is -0.310 e. The number of aromatic nitrogens is 2. The quantitative estimate of drug-likeness (QED) is 0.0930. The second-order valence-electron chi connectivity index (χ2n) is 19.0. The number of nitrogens with zero attached hydrogens (tertiary/aromatic N) is 4. The van der Waals surface area contributed by atoms with Crippen molar-refractivity contribution in [1.29, 1.82) is 5.26 Å². The molecule has 0 aliphatic rings. The Morgan fingerprint density at radius 3 is 1.18 bits per heavy atom. The van der Waals surface area contributed by atoms with Crippen LogP contribution >= 0.6 is 0 Å². The number of benzene rings is 13. The molecule has 0 spiro atoms. The van der Waals surface area contributed by atoms with Crippen molar-refractivity contribution >= 4 is 92.4 Å². The zero-order valence-corrected chi connectivity index (χ0v) is 38.7. The van der Waals surface area contributed by atoms with Crippen LogP contribution in [0.25, 0.3) is 147 Å². The second-order valence-corrected chi connectivity index (χ2v) is 19.0. The highest BCUT2D eigenvalue weighted by molar-refractivity contribution is 6.28. The Bertz CT molecular complexity index is 4470. The van der Waals surface area contributed by atoms with E-state index in [0.29, 0.717) is 11.3 Å². The first-order chi connectivity index (χ1) is 35.6. The van der Waals surface area contributed by atoms with Gasteiger partial charge in [-0.15, -0.1) is 0 Å². The highest BCUT2D eigenvalue weighted by Gasteiger charge is 2.23. The molecule has 0 fully saturated rings. The van der Waals surface area contributed by atoms with Gasteiger partial charge in [0.25, 0.3) is 0 Å². The molecular weight excluding hydrogens is 873 g/mol. The summed E-state index contributed by atoms with van der Waals surface area (Å²) in [5.41, 5.74) is 17.0. The van der Waals surface area contributed by atoms with E-state index in [4.69, 9.17) is 6.57 Å². The van der Waals surface area contributed by atoms with Crippen molar-refractivity contribution in [2.45, 2.75) is 0 Å². The van der Waals surface area contributed by atoms with Crippen molar-refractivity contribution in [2.24, 2.45) is 0 Å². The molecule has 4 nitrogen and oxygen atoms in total. The van der Waals surface area contributed by atoms with Crippen LogP contribution in [0.2, 0.25) is 0 Å². The van der Waals surface area contributed by atoms with Crippen molar-refractivity contribution < 1.29 is 0 Å². The van der Waals surface area contributed by atoms with E-state index in [2.05, 4.69) is 226 Å². The number of hydrogen-bond donors (Lipinski definition) is 0. The maximum atomic E-state index is 10.1. The van der Waals surface area contributed by atoms with Gasteiger partial charge >= 0.3 is 0 Å². The summed E-state index contributed by atoms with van der Waals surface area (Å²) in [6.07, 6.45) is 0. The third-order valence-corrected chi connectivity index (χ3v) is 15.1. The topological polar surface area (TPSA) is 38.0 Å². The smallest absolute Gasteiger partial charge is 0.189 e. The van der Waals surface area contributed by atoms with Crippen molar-refractivity contribution in [2.75, 3.05) is 0 Å². The molecule has 330 valence electrons. The SMILES string of the molecule is [C-]#[N+]c1cc2ccc3cc(-c4ccc5c(-c6ccccc6)c6cc(-c7cc8ccc9cc(C#N)cc%10c9c8c(c7)n%10-c7ccccc7)ccc6c(-c6ccccc6)c5c4)cc4c3c2c(c1)n4-c1ccccc1. The van der Waals surface area contributed by atoms with E-state index in [1.54, 1.807) is 0 Å². The van der Waals surface area contributed by atoms with Gasteiger partial charge in [0, 0.05) is 38.4 Å². The largest absolute Gasteiger partial charge is 0.310 e. The summed E-state index contributed by atoms with van der Waals surface area (Å²) in [5.74, 6) is 0. The lowest BCUT2D eigenvalue weighted by Gasteiger charge is -2.20. The van der Waals surface area contributed by atoms with Crippen LogP contribution in [0, 0.1) is 17.9 Å². The van der Waals surface area contributed by atoms with Crippen molar-refractivity contribution in [1.82, 2.24) is 9.13 Å². The van der Waals surface area contributed by atoms with Crippen molar-refractivity contribution in [3.63, 3.8) is 0 Å². The molecule has 0 bridgehead atoms. The molecule has 15 rings (SSSR count). The molecule has 0 saturated heterocycles. The Kier molecular flexibility index (Phi) is 8.46. The van der Waals surface area contributed by atoms with Crippen LogP contribution < -0.4 is 0 Å². The van der Waals surface area contributed by atoms with Gasteiger partial charge < -0.3 is 9.13 Å². The normalized spacial score (nSPS) is 11.9. The number of rotatable bonds is 6. The number of para-hydroxylation sites is 2. The van der Waals surface area contributed by atoms with Gasteiger partial charge in [-0.05, 0) is 173 Å². The highest BCUT2D eigenvalue weighted by atomic mass is 15.0. The molecule has 0 aliphatic heterocycles. The van der Waals surface area contributed by atoms with Gasteiger partial charge in [0.1, 0.15) is 0 Å². The third-order valence-electron chi connectivity index (χ3n) is 15.1. The molecule has 0 N–H and O–H groups in total. The summed E-state index contributed by atoms with van der Waals surface area (Å²) < 4.78 is 4.67. The predicted octanol–water partition coefficient (Wildman–Crippen LogP) is 18.5. The lowest BCUT2D eigenvalue weighted by Crippen LogP contribution is -1.94. The molecule has 0 aliphatic carbocycles. The summed E-state index contributed by atoms with van der Waals surface area (Å²) in [5, 5.41) is 24.1. The van der Waals surface area contributed by atoms with Gasteiger partial charge in [0.15, 0.2) is 5.69 Å². The first-order valence-electron chi connectivity index (χ1n) is 24.3. The summed E-state index contributed by atoms with van der Waals surface area (Å²) in [7, 11) is 0. The van der Waals surface area contributed by atoms with Crippen molar-refractivity contribution in [3.8, 4) is 62.0 Å². The van der Waals surface area contributed by atoms with Gasteiger partial charge in [-0.3, -0.25) is 0 Å². The maximum Gasteiger partial charge on any atom is 0.189 e. The Morgan fingerprint density at radius 1 is 0.333 bits per heavy atom. The molecule has 15 aromatic rings. The summed E-state index contributed by atoms with van der Waals surface area (Å²) >= 11 is 0. The number of nitriles is 1. The molecule has 0 radical (unpaired) electrons. The average Bonchev–Trinajstić information content (AvgIpc) is 3.97. The fourth-order valence-electron chi connectivity index (χ4n) is 12.1. The highest BCUT2D eigenvalue weighted by Crippen LogP contribution is 2.49. The van der Waals surface area contributed by atoms with Crippen molar-refractivity contribution in [3.05, 3.63) is 248 Å². The molecule has 0 amide bonds. The maximum absolute atomic E-state index is 10.1. The minimum atomic E-state index is 0.635. The van der Waals surface area contributed by atoms with Gasteiger partial charge in [0.2, 0.25) is 0 Å². The lowest BCUT2D eigenvalue weighted by molar-refractivity contribution is 1.18. The zero-order chi connectivity index (χ0) is 47.6. The number of hydrogen-bond acceptors (Lipinski definition) is 1. The lowest BCUT2D eigenvalue weighted by atomic mass is 9.83. The van der Waals surface area contributed by atoms with E-state index in [9.17, 15) is 5.26 Å². The van der Waals surface area contributed by atoms with E-state index in [0.717, 1.165) is 77.6 Å². The monoisotopic (exact) mass is 910 g/mol. The Hall–Kier alpha value is -10.0. The van der Waals surface area contributed by atoms with Gasteiger partial charge in [0.05, 0.1) is 34.8 Å². The van der Waals surface area contributed by atoms with Crippen LogP contribution in [0.15, 0.2) is 231 Å². The van der Waals surface area contributed by atoms with Gasteiger partial charge in [-0.2, -0.15) is 5.26 Å². The van der Waals surface area contributed by atoms with Crippen LogP contribution in [-0.4, -0.2) is 9.13 Å². The average molecular weight is 911 g/mol. The minimum absolute atomic E-state index is 0.635. The first kappa shape index (κ1) is 39.9. The van der Waals surface area contributed by atoms with E-state index >= 15 is 0 Å².